The van der Waals surface area contributed by atoms with Crippen LogP contribution in [-0.4, -0.2) is 57.2 Å². The third-order valence-corrected chi connectivity index (χ3v) is 6.65. The highest BCUT2D eigenvalue weighted by Crippen LogP contribution is 2.43. The van der Waals surface area contributed by atoms with Gasteiger partial charge in [-0.1, -0.05) is 0 Å². The van der Waals surface area contributed by atoms with Gasteiger partial charge < -0.3 is 4.90 Å². The highest BCUT2D eigenvalue weighted by molar-refractivity contribution is 7.18. The van der Waals surface area contributed by atoms with Crippen LogP contribution in [-0.2, 0) is 13.0 Å². The van der Waals surface area contributed by atoms with E-state index in [0.717, 1.165) is 67.2 Å². The van der Waals surface area contributed by atoms with Gasteiger partial charge in [0.05, 0.1) is 11.8 Å². The minimum atomic E-state index is -4.22. The van der Waals surface area contributed by atoms with Crippen molar-refractivity contribution >= 4 is 27.4 Å². The third kappa shape index (κ3) is 3.78. The maximum absolute atomic E-state index is 12.8. The van der Waals surface area contributed by atoms with E-state index in [0.29, 0.717) is 4.83 Å². The van der Waals surface area contributed by atoms with E-state index in [1.54, 1.807) is 6.07 Å². The van der Waals surface area contributed by atoms with Gasteiger partial charge in [-0.2, -0.15) is 13.2 Å². The number of aromatic nitrogens is 4. The molecule has 5 rings (SSSR count). The van der Waals surface area contributed by atoms with Crippen molar-refractivity contribution in [2.75, 3.05) is 31.1 Å². The average Bonchev–Trinajstić information content (AvgIpc) is 3.24. The molecule has 0 atom stereocenters. The minimum Gasteiger partial charge on any atom is -0.355 e. The normalized spacial score (nSPS) is 19.2. The summed E-state index contributed by atoms with van der Waals surface area (Å²) in [5.41, 5.74) is 1.32. The van der Waals surface area contributed by atoms with Crippen LogP contribution in [0.1, 0.15) is 16.9 Å². The first-order chi connectivity index (χ1) is 13.9. The Morgan fingerprint density at radius 2 is 1.86 bits per heavy atom. The molecule has 0 unspecified atom stereocenters. The molecule has 2 aliphatic heterocycles. The van der Waals surface area contributed by atoms with Crippen LogP contribution in [0.5, 0.6) is 0 Å². The highest BCUT2D eigenvalue weighted by atomic mass is 32.1. The first kappa shape index (κ1) is 18.7. The molecular formula is C19H19F3N6S. The molecule has 2 fully saturated rings. The molecule has 0 saturated carbocycles. The predicted octanol–water partition coefficient (Wildman–Crippen LogP) is 3.30. The van der Waals surface area contributed by atoms with E-state index >= 15 is 0 Å². The lowest BCUT2D eigenvalue weighted by Crippen LogP contribution is -2.56. The van der Waals surface area contributed by atoms with Crippen molar-refractivity contribution in [2.24, 2.45) is 5.41 Å². The quantitative estimate of drug-likeness (QED) is 0.646. The van der Waals surface area contributed by atoms with Gasteiger partial charge in [0.1, 0.15) is 23.3 Å². The number of fused-ring (bicyclic) bond motifs is 1. The summed E-state index contributed by atoms with van der Waals surface area (Å²) in [5, 5.41) is 0.728. The minimum absolute atomic E-state index is 0.220. The monoisotopic (exact) mass is 420 g/mol. The number of halogens is 3. The van der Waals surface area contributed by atoms with Crippen molar-refractivity contribution < 1.29 is 13.2 Å². The fourth-order valence-electron chi connectivity index (χ4n) is 4.49. The molecule has 0 bridgehead atoms. The molecule has 2 aliphatic rings. The fraction of sp³-hybridized carbons (Fsp3) is 0.474. The number of nitrogens with zero attached hydrogens (tertiary/aromatic N) is 6. The standard InChI is InChI=1S/C19H19F3N6S/c20-19(21,22)4-14-3-15-16(25-12-26-17(15)29-14)28-2-1-18(10-28)8-27(9-18)7-13-5-23-11-24-6-13/h3,5-6,11-12H,1-2,4,7-10H2. The molecule has 0 radical (unpaired) electrons. The maximum atomic E-state index is 12.8. The summed E-state index contributed by atoms with van der Waals surface area (Å²) in [4.78, 5) is 22.2. The van der Waals surface area contributed by atoms with Crippen LogP contribution in [0.2, 0.25) is 0 Å². The Bertz CT molecular complexity index is 1020. The second-order valence-electron chi connectivity index (χ2n) is 7.98. The first-order valence-corrected chi connectivity index (χ1v) is 10.2. The number of anilines is 1. The van der Waals surface area contributed by atoms with Crippen LogP contribution in [0.15, 0.2) is 31.1 Å². The van der Waals surface area contributed by atoms with E-state index in [-0.39, 0.29) is 10.3 Å². The molecule has 0 aliphatic carbocycles. The van der Waals surface area contributed by atoms with E-state index in [1.807, 2.05) is 12.4 Å². The Morgan fingerprint density at radius 1 is 1.07 bits per heavy atom. The smallest absolute Gasteiger partial charge is 0.355 e. The van der Waals surface area contributed by atoms with Crippen LogP contribution in [0.25, 0.3) is 10.2 Å². The number of likely N-dealkylation sites (tertiary alicyclic amines) is 1. The summed E-state index contributed by atoms with van der Waals surface area (Å²) in [5.74, 6) is 0.756. The molecule has 1 spiro atoms. The molecule has 29 heavy (non-hydrogen) atoms. The second-order valence-corrected chi connectivity index (χ2v) is 9.10. The van der Waals surface area contributed by atoms with Gasteiger partial charge in [-0.25, -0.2) is 19.9 Å². The van der Waals surface area contributed by atoms with Gasteiger partial charge in [-0.15, -0.1) is 11.3 Å². The molecular weight excluding hydrogens is 401 g/mol. The summed E-state index contributed by atoms with van der Waals surface area (Å²) in [7, 11) is 0. The van der Waals surface area contributed by atoms with Crippen molar-refractivity contribution in [3.63, 3.8) is 0 Å². The molecule has 3 aromatic rings. The number of alkyl halides is 3. The Morgan fingerprint density at radius 3 is 2.62 bits per heavy atom. The van der Waals surface area contributed by atoms with Crippen molar-refractivity contribution in [3.8, 4) is 0 Å². The average molecular weight is 420 g/mol. The Kier molecular flexibility index (Phi) is 4.43. The van der Waals surface area contributed by atoms with Crippen LogP contribution in [0.3, 0.4) is 0 Å². The highest BCUT2D eigenvalue weighted by Gasteiger charge is 2.48. The number of thiophene rings is 1. The van der Waals surface area contributed by atoms with Gasteiger partial charge in [0.2, 0.25) is 0 Å². The van der Waals surface area contributed by atoms with Crippen LogP contribution in [0.4, 0.5) is 19.0 Å². The van der Waals surface area contributed by atoms with E-state index < -0.39 is 12.6 Å². The van der Waals surface area contributed by atoms with Gasteiger partial charge in [-0.3, -0.25) is 4.90 Å². The lowest BCUT2D eigenvalue weighted by molar-refractivity contribution is -0.126. The van der Waals surface area contributed by atoms with Gasteiger partial charge >= 0.3 is 6.18 Å². The van der Waals surface area contributed by atoms with E-state index in [9.17, 15) is 13.2 Å². The number of hydrogen-bond donors (Lipinski definition) is 0. The van der Waals surface area contributed by atoms with E-state index in [1.165, 1.54) is 12.7 Å². The fourth-order valence-corrected chi connectivity index (χ4v) is 5.51. The Balaban J connectivity index is 1.29. The van der Waals surface area contributed by atoms with Gasteiger partial charge in [0.25, 0.3) is 0 Å². The third-order valence-electron chi connectivity index (χ3n) is 5.61. The molecule has 0 amide bonds. The predicted molar refractivity (Wildman–Crippen MR) is 104 cm³/mol. The van der Waals surface area contributed by atoms with Crippen LogP contribution in [0, 0.1) is 5.41 Å². The van der Waals surface area contributed by atoms with Gasteiger partial charge in [-0.05, 0) is 12.5 Å². The maximum Gasteiger partial charge on any atom is 0.393 e. The summed E-state index contributed by atoms with van der Waals surface area (Å²) in [6.45, 7) is 4.56. The van der Waals surface area contributed by atoms with Crippen molar-refractivity contribution in [2.45, 2.75) is 25.6 Å². The SMILES string of the molecule is FC(F)(F)Cc1cc2c(N3CCC4(CN(Cc5cncnc5)C4)C3)ncnc2s1. The zero-order valence-corrected chi connectivity index (χ0v) is 16.4. The molecule has 5 heterocycles. The Hall–Kier alpha value is -2.33. The van der Waals surface area contributed by atoms with Gasteiger partial charge in [0.15, 0.2) is 0 Å². The zero-order chi connectivity index (χ0) is 20.1. The summed E-state index contributed by atoms with van der Waals surface area (Å²) >= 11 is 1.10. The van der Waals surface area contributed by atoms with Crippen LogP contribution >= 0.6 is 11.3 Å². The molecule has 0 aromatic carbocycles. The molecule has 6 nitrogen and oxygen atoms in total. The second kappa shape index (κ2) is 6.88. The zero-order valence-electron chi connectivity index (χ0n) is 15.6. The lowest BCUT2D eigenvalue weighted by Gasteiger charge is -2.48. The molecule has 2 saturated heterocycles. The van der Waals surface area contributed by atoms with Crippen LogP contribution < -0.4 is 4.90 Å². The summed E-state index contributed by atoms with van der Waals surface area (Å²) < 4.78 is 38.3. The molecule has 3 aromatic heterocycles. The van der Waals surface area contributed by atoms with E-state index in [4.69, 9.17) is 0 Å². The molecule has 10 heteroatoms. The van der Waals surface area contributed by atoms with Crippen molar-refractivity contribution in [1.29, 1.82) is 0 Å². The molecule has 0 N–H and O–H groups in total. The van der Waals surface area contributed by atoms with Gasteiger partial charge in [0, 0.05) is 61.0 Å². The van der Waals surface area contributed by atoms with E-state index in [2.05, 4.69) is 29.7 Å². The number of hydrogen-bond acceptors (Lipinski definition) is 7. The summed E-state index contributed by atoms with van der Waals surface area (Å²) in [6, 6.07) is 1.61. The Labute approximate surface area is 169 Å². The lowest BCUT2D eigenvalue weighted by atomic mass is 9.79. The summed E-state index contributed by atoms with van der Waals surface area (Å²) in [6.07, 6.45) is 2.58. The first-order valence-electron chi connectivity index (χ1n) is 9.41. The largest absolute Gasteiger partial charge is 0.393 e. The number of rotatable bonds is 4. The van der Waals surface area contributed by atoms with Crippen molar-refractivity contribution in [3.05, 3.63) is 41.6 Å². The topological polar surface area (TPSA) is 58.0 Å². The van der Waals surface area contributed by atoms with Crippen molar-refractivity contribution in [1.82, 2.24) is 24.8 Å². The molecule has 152 valence electrons.